The van der Waals surface area contributed by atoms with Crippen LogP contribution in [0.2, 0.25) is 0 Å². The molecule has 0 fully saturated rings. The zero-order chi connectivity index (χ0) is 22.5. The highest BCUT2D eigenvalue weighted by Crippen LogP contribution is 2.28. The summed E-state index contributed by atoms with van der Waals surface area (Å²) in [6.45, 7) is 6.47. The fraction of sp³-hybridized carbons (Fsp3) is 0.200. The maximum absolute atomic E-state index is 13.0. The Hall–Kier alpha value is -3.45. The van der Waals surface area contributed by atoms with Crippen LogP contribution < -0.4 is 5.32 Å². The molecule has 1 atom stereocenters. The first kappa shape index (κ1) is 21.8. The Labute approximate surface area is 192 Å². The van der Waals surface area contributed by atoms with E-state index >= 15 is 0 Å². The molecule has 0 unspecified atom stereocenters. The minimum absolute atomic E-state index is 0.0685. The second-order valence-corrected chi connectivity index (χ2v) is 8.92. The molecule has 2 aromatic carbocycles. The third kappa shape index (κ3) is 4.89. The van der Waals surface area contributed by atoms with Crippen LogP contribution in [0.3, 0.4) is 0 Å². The predicted molar refractivity (Wildman–Crippen MR) is 129 cm³/mol. The van der Waals surface area contributed by atoms with Crippen molar-refractivity contribution in [3.8, 4) is 11.5 Å². The summed E-state index contributed by atoms with van der Waals surface area (Å²) in [5.41, 5.74) is 4.82. The van der Waals surface area contributed by atoms with Crippen molar-refractivity contribution < 1.29 is 4.79 Å². The minimum atomic E-state index is -0.357. The summed E-state index contributed by atoms with van der Waals surface area (Å²) in [6, 6.07) is 21.8. The smallest absolute Gasteiger partial charge is 0.237 e. The van der Waals surface area contributed by atoms with E-state index in [9.17, 15) is 4.79 Å². The lowest BCUT2D eigenvalue weighted by molar-refractivity contribution is -0.115. The number of hydrogen-bond acceptors (Lipinski definition) is 5. The Morgan fingerprint density at radius 2 is 1.69 bits per heavy atom. The van der Waals surface area contributed by atoms with E-state index in [0.717, 1.165) is 28.1 Å². The van der Waals surface area contributed by atoms with Crippen molar-refractivity contribution in [2.24, 2.45) is 0 Å². The molecule has 2 aromatic heterocycles. The number of benzene rings is 2. The van der Waals surface area contributed by atoms with Gasteiger partial charge in [-0.3, -0.25) is 14.3 Å². The van der Waals surface area contributed by atoms with Gasteiger partial charge in [0.25, 0.3) is 0 Å². The molecule has 0 aliphatic rings. The summed E-state index contributed by atoms with van der Waals surface area (Å²) in [5, 5.41) is 12.2. The lowest BCUT2D eigenvalue weighted by Gasteiger charge is -2.16. The number of para-hydroxylation sites is 1. The molecular weight excluding hydrogens is 418 g/mol. The molecule has 4 aromatic rings. The number of aryl methyl sites for hydroxylation is 2. The third-order valence-corrected chi connectivity index (χ3v) is 6.26. The summed E-state index contributed by atoms with van der Waals surface area (Å²) in [6.07, 6.45) is 1.74. The molecule has 7 heteroatoms. The first-order valence-electron chi connectivity index (χ1n) is 10.4. The van der Waals surface area contributed by atoms with E-state index < -0.39 is 0 Å². The zero-order valence-corrected chi connectivity index (χ0v) is 19.1. The van der Waals surface area contributed by atoms with E-state index in [1.165, 1.54) is 11.8 Å². The van der Waals surface area contributed by atoms with Gasteiger partial charge < -0.3 is 5.32 Å². The van der Waals surface area contributed by atoms with Crippen molar-refractivity contribution in [3.05, 3.63) is 89.6 Å². The van der Waals surface area contributed by atoms with E-state index in [2.05, 4.69) is 32.6 Å². The van der Waals surface area contributed by atoms with Crippen LogP contribution in [-0.2, 0) is 11.3 Å². The summed E-state index contributed by atoms with van der Waals surface area (Å²) in [7, 11) is 0. The molecule has 4 rings (SSSR count). The third-order valence-electron chi connectivity index (χ3n) is 5.18. The summed E-state index contributed by atoms with van der Waals surface area (Å²) >= 11 is 1.39. The zero-order valence-electron chi connectivity index (χ0n) is 18.3. The van der Waals surface area contributed by atoms with Crippen LogP contribution in [0.25, 0.3) is 11.5 Å². The number of hydrogen-bond donors (Lipinski definition) is 1. The molecule has 0 aliphatic carbocycles. The number of nitrogens with zero attached hydrogens (tertiary/aromatic N) is 4. The normalized spacial score (nSPS) is 11.8. The first-order valence-corrected chi connectivity index (χ1v) is 11.3. The number of pyridine rings is 1. The molecule has 0 radical (unpaired) electrons. The molecule has 1 N–H and O–H groups in total. The van der Waals surface area contributed by atoms with Crippen LogP contribution in [0, 0.1) is 13.8 Å². The maximum Gasteiger partial charge on any atom is 0.237 e. The molecule has 162 valence electrons. The fourth-order valence-electron chi connectivity index (χ4n) is 3.42. The summed E-state index contributed by atoms with van der Waals surface area (Å²) in [4.78, 5) is 17.4. The Balaban J connectivity index is 1.60. The first-order chi connectivity index (χ1) is 15.5. The number of carbonyl (C=O) groups excluding carboxylic acids is 1. The van der Waals surface area contributed by atoms with Gasteiger partial charge in [0, 0.05) is 11.9 Å². The van der Waals surface area contributed by atoms with Gasteiger partial charge in [-0.25, -0.2) is 0 Å². The second kappa shape index (κ2) is 9.78. The molecule has 0 spiro atoms. The van der Waals surface area contributed by atoms with Gasteiger partial charge in [-0.15, -0.1) is 10.2 Å². The highest BCUT2D eigenvalue weighted by molar-refractivity contribution is 8.00. The Morgan fingerprint density at radius 3 is 2.38 bits per heavy atom. The van der Waals surface area contributed by atoms with Gasteiger partial charge in [-0.05, 0) is 49.6 Å². The quantitative estimate of drug-likeness (QED) is 0.401. The number of thioether (sulfide) groups is 1. The van der Waals surface area contributed by atoms with E-state index in [0.29, 0.717) is 17.5 Å². The monoisotopic (exact) mass is 443 g/mol. The molecule has 6 nitrogen and oxygen atoms in total. The number of nitrogens with one attached hydrogen (secondary N) is 1. The van der Waals surface area contributed by atoms with Gasteiger partial charge in [0.1, 0.15) is 5.69 Å². The average Bonchev–Trinajstić information content (AvgIpc) is 3.19. The molecule has 32 heavy (non-hydrogen) atoms. The van der Waals surface area contributed by atoms with Crippen LogP contribution >= 0.6 is 11.8 Å². The Kier molecular flexibility index (Phi) is 6.66. The minimum Gasteiger partial charge on any atom is -0.325 e. The van der Waals surface area contributed by atoms with Crippen molar-refractivity contribution in [3.63, 3.8) is 0 Å². The van der Waals surface area contributed by atoms with Gasteiger partial charge >= 0.3 is 0 Å². The Bertz CT molecular complexity index is 1190. The van der Waals surface area contributed by atoms with Gasteiger partial charge in [-0.1, -0.05) is 66.4 Å². The number of amides is 1. The number of aromatic nitrogens is 4. The van der Waals surface area contributed by atoms with Gasteiger partial charge in [0.15, 0.2) is 11.0 Å². The van der Waals surface area contributed by atoms with Crippen molar-refractivity contribution in [1.82, 2.24) is 19.7 Å². The molecular formula is C25H25N5OS. The second-order valence-electron chi connectivity index (χ2n) is 7.61. The molecule has 0 aliphatic heterocycles. The number of rotatable bonds is 7. The lowest BCUT2D eigenvalue weighted by atomic mass is 10.1. The van der Waals surface area contributed by atoms with E-state index in [-0.39, 0.29) is 11.2 Å². The van der Waals surface area contributed by atoms with Gasteiger partial charge in [0.05, 0.1) is 11.8 Å². The number of carbonyl (C=O) groups is 1. The SMILES string of the molecule is Cc1cccc(C)c1NC(=O)[C@@H](C)Sc1nnc(-c2ccccn2)n1Cc1ccccc1. The van der Waals surface area contributed by atoms with Crippen LogP contribution in [0.5, 0.6) is 0 Å². The van der Waals surface area contributed by atoms with Crippen molar-refractivity contribution >= 4 is 23.4 Å². The average molecular weight is 444 g/mol. The molecule has 0 bridgehead atoms. The molecule has 0 saturated heterocycles. The highest BCUT2D eigenvalue weighted by atomic mass is 32.2. The summed E-state index contributed by atoms with van der Waals surface area (Å²) < 4.78 is 2.02. The fourth-order valence-corrected chi connectivity index (χ4v) is 4.27. The van der Waals surface area contributed by atoms with Gasteiger partial charge in [-0.2, -0.15) is 0 Å². The van der Waals surface area contributed by atoms with Crippen molar-refractivity contribution in [1.29, 1.82) is 0 Å². The Morgan fingerprint density at radius 1 is 0.969 bits per heavy atom. The highest BCUT2D eigenvalue weighted by Gasteiger charge is 2.22. The maximum atomic E-state index is 13.0. The van der Waals surface area contributed by atoms with Crippen molar-refractivity contribution in [2.75, 3.05) is 5.32 Å². The topological polar surface area (TPSA) is 72.7 Å². The van der Waals surface area contributed by atoms with E-state index in [4.69, 9.17) is 0 Å². The van der Waals surface area contributed by atoms with Gasteiger partial charge in [0.2, 0.25) is 5.91 Å². The van der Waals surface area contributed by atoms with Crippen molar-refractivity contribution in [2.45, 2.75) is 37.7 Å². The largest absolute Gasteiger partial charge is 0.325 e. The predicted octanol–water partition coefficient (Wildman–Crippen LogP) is 5.12. The van der Waals surface area contributed by atoms with E-state index in [1.54, 1.807) is 6.20 Å². The number of anilines is 1. The van der Waals surface area contributed by atoms with Crippen LogP contribution in [0.1, 0.15) is 23.6 Å². The molecule has 2 heterocycles. The van der Waals surface area contributed by atoms with Crippen LogP contribution in [0.15, 0.2) is 78.1 Å². The lowest BCUT2D eigenvalue weighted by Crippen LogP contribution is -2.24. The van der Waals surface area contributed by atoms with Crippen LogP contribution in [-0.4, -0.2) is 30.9 Å². The van der Waals surface area contributed by atoms with E-state index in [1.807, 2.05) is 79.9 Å². The molecule has 1 amide bonds. The summed E-state index contributed by atoms with van der Waals surface area (Å²) in [5.74, 6) is 0.611. The van der Waals surface area contributed by atoms with Crippen LogP contribution in [0.4, 0.5) is 5.69 Å². The molecule has 0 saturated carbocycles. The standard InChI is InChI=1S/C25H25N5OS/c1-17-10-9-11-18(2)22(17)27-24(31)19(3)32-25-29-28-23(21-14-7-8-15-26-21)30(25)16-20-12-5-4-6-13-20/h4-15,19H,16H2,1-3H3,(H,27,31)/t19-/m1/s1.